The minimum absolute atomic E-state index is 0.435. The molecule has 0 bridgehead atoms. The van der Waals surface area contributed by atoms with Crippen molar-refractivity contribution in [1.82, 2.24) is 10.2 Å². The van der Waals surface area contributed by atoms with Crippen molar-refractivity contribution in [2.24, 2.45) is 0 Å². The van der Waals surface area contributed by atoms with Crippen molar-refractivity contribution in [1.29, 1.82) is 0 Å². The number of hydrogen-bond donors (Lipinski definition) is 0. The summed E-state index contributed by atoms with van der Waals surface area (Å²) in [4.78, 5) is 0. The fraction of sp³-hybridized carbons (Fsp3) is 0.474. The van der Waals surface area contributed by atoms with Crippen molar-refractivity contribution in [3.8, 4) is 0 Å². The lowest BCUT2D eigenvalue weighted by molar-refractivity contribution is 0.634. The second-order valence-electron chi connectivity index (χ2n) is 6.27. The van der Waals surface area contributed by atoms with Gasteiger partial charge in [0.15, 0.2) is 0 Å². The Morgan fingerprint density at radius 3 is 2.19 bits per heavy atom. The summed E-state index contributed by atoms with van der Waals surface area (Å²) in [6.45, 7) is 10.8. The van der Waals surface area contributed by atoms with E-state index in [1.807, 2.05) is 0 Å². The molecule has 0 saturated carbocycles. The van der Waals surface area contributed by atoms with Gasteiger partial charge in [-0.15, -0.1) is 0 Å². The quantitative estimate of drug-likeness (QED) is 0.775. The lowest BCUT2D eigenvalue weighted by atomic mass is 9.90. The molecule has 0 spiro atoms. The molecular weight excluding hydrogens is 256 g/mol. The van der Waals surface area contributed by atoms with E-state index in [1.54, 1.807) is 0 Å². The second kappa shape index (κ2) is 6.84. The predicted molar refractivity (Wildman–Crippen MR) is 88.8 cm³/mol. The first-order chi connectivity index (χ1) is 10.0. The topological polar surface area (TPSA) is 25.8 Å². The van der Waals surface area contributed by atoms with E-state index in [2.05, 4.69) is 75.1 Å². The van der Waals surface area contributed by atoms with E-state index in [0.717, 1.165) is 24.2 Å². The Labute approximate surface area is 128 Å². The van der Waals surface area contributed by atoms with Gasteiger partial charge in [0.2, 0.25) is 0 Å². The molecule has 0 fully saturated rings. The first kappa shape index (κ1) is 15.7. The van der Waals surface area contributed by atoms with Crippen molar-refractivity contribution in [3.05, 3.63) is 58.4 Å². The Morgan fingerprint density at radius 1 is 1.00 bits per heavy atom. The average Bonchev–Trinajstić information content (AvgIpc) is 2.47. The van der Waals surface area contributed by atoms with Crippen molar-refractivity contribution >= 4 is 0 Å². The second-order valence-corrected chi connectivity index (χ2v) is 6.27. The zero-order valence-electron chi connectivity index (χ0n) is 13.9. The van der Waals surface area contributed by atoms with Gasteiger partial charge in [-0.25, -0.2) is 0 Å². The molecule has 0 unspecified atom stereocenters. The van der Waals surface area contributed by atoms with Crippen LogP contribution in [0.1, 0.15) is 67.1 Å². The van der Waals surface area contributed by atoms with Gasteiger partial charge in [-0.05, 0) is 55.7 Å². The summed E-state index contributed by atoms with van der Waals surface area (Å²) in [5.41, 5.74) is 6.19. The van der Waals surface area contributed by atoms with Gasteiger partial charge in [0, 0.05) is 0 Å². The summed E-state index contributed by atoms with van der Waals surface area (Å²) in [5, 5.41) is 8.86. The van der Waals surface area contributed by atoms with Gasteiger partial charge < -0.3 is 0 Å². The maximum atomic E-state index is 4.48. The lowest BCUT2D eigenvalue weighted by Crippen LogP contribution is -2.08. The van der Waals surface area contributed by atoms with Gasteiger partial charge in [0.25, 0.3) is 0 Å². The third-order valence-electron chi connectivity index (χ3n) is 4.18. The Morgan fingerprint density at radius 2 is 1.67 bits per heavy atom. The molecule has 1 aromatic carbocycles. The molecule has 0 N–H and O–H groups in total. The Hall–Kier alpha value is -1.70. The van der Waals surface area contributed by atoms with E-state index < -0.39 is 0 Å². The molecule has 2 aromatic rings. The molecule has 0 amide bonds. The number of hydrogen-bond acceptors (Lipinski definition) is 2. The number of nitrogens with zero attached hydrogens (tertiary/aromatic N) is 2. The van der Waals surface area contributed by atoms with Crippen LogP contribution in [0.2, 0.25) is 0 Å². The van der Waals surface area contributed by atoms with Gasteiger partial charge in [-0.1, -0.05) is 50.6 Å². The minimum Gasteiger partial charge on any atom is -0.155 e. The van der Waals surface area contributed by atoms with Crippen LogP contribution in [-0.4, -0.2) is 10.2 Å². The molecule has 0 radical (unpaired) electrons. The van der Waals surface area contributed by atoms with E-state index >= 15 is 0 Å². The molecule has 0 aliphatic rings. The van der Waals surface area contributed by atoms with Crippen LogP contribution in [0.5, 0.6) is 0 Å². The number of aromatic nitrogens is 2. The van der Waals surface area contributed by atoms with Crippen LogP contribution in [0, 0.1) is 13.8 Å². The summed E-state index contributed by atoms with van der Waals surface area (Å²) in [6.07, 6.45) is 2.09. The van der Waals surface area contributed by atoms with E-state index in [1.165, 1.54) is 16.7 Å². The van der Waals surface area contributed by atoms with Crippen LogP contribution in [0.25, 0.3) is 0 Å². The fourth-order valence-electron chi connectivity index (χ4n) is 2.58. The van der Waals surface area contributed by atoms with Crippen molar-refractivity contribution < 1.29 is 0 Å². The zero-order chi connectivity index (χ0) is 15.4. The maximum absolute atomic E-state index is 4.48. The van der Waals surface area contributed by atoms with E-state index in [4.69, 9.17) is 0 Å². The monoisotopic (exact) mass is 282 g/mol. The SMILES string of the molecule is CC[C@H](Cc1nnc(C(C)C)cc1C)c1ccc(C)cc1. The van der Waals surface area contributed by atoms with Crippen molar-refractivity contribution in [3.63, 3.8) is 0 Å². The molecule has 1 aromatic heterocycles. The predicted octanol–water partition coefficient (Wildman–Crippen LogP) is 4.95. The first-order valence-electron chi connectivity index (χ1n) is 7.91. The highest BCUT2D eigenvalue weighted by atomic mass is 15.1. The Bertz CT molecular complexity index is 585. The van der Waals surface area contributed by atoms with E-state index in [9.17, 15) is 0 Å². The summed E-state index contributed by atoms with van der Waals surface area (Å²) in [5.74, 6) is 0.952. The Balaban J connectivity index is 2.20. The highest BCUT2D eigenvalue weighted by Crippen LogP contribution is 2.25. The normalized spacial score (nSPS) is 12.7. The van der Waals surface area contributed by atoms with Crippen LogP contribution in [-0.2, 0) is 6.42 Å². The molecule has 0 aliphatic heterocycles. The van der Waals surface area contributed by atoms with Crippen LogP contribution < -0.4 is 0 Å². The van der Waals surface area contributed by atoms with Crippen LogP contribution >= 0.6 is 0 Å². The molecule has 0 aliphatic carbocycles. The van der Waals surface area contributed by atoms with Crippen molar-refractivity contribution in [2.75, 3.05) is 0 Å². The molecule has 1 atom stereocenters. The lowest BCUT2D eigenvalue weighted by Gasteiger charge is -2.17. The van der Waals surface area contributed by atoms with E-state index in [0.29, 0.717) is 11.8 Å². The number of rotatable bonds is 5. The first-order valence-corrected chi connectivity index (χ1v) is 7.91. The minimum atomic E-state index is 0.435. The van der Waals surface area contributed by atoms with E-state index in [-0.39, 0.29) is 0 Å². The van der Waals surface area contributed by atoms with Crippen LogP contribution in [0.4, 0.5) is 0 Å². The third-order valence-corrected chi connectivity index (χ3v) is 4.18. The molecule has 0 saturated heterocycles. The third kappa shape index (κ3) is 3.90. The van der Waals surface area contributed by atoms with Crippen LogP contribution in [0.15, 0.2) is 30.3 Å². The molecule has 2 rings (SSSR count). The highest BCUT2D eigenvalue weighted by molar-refractivity contribution is 5.28. The van der Waals surface area contributed by atoms with Gasteiger partial charge >= 0.3 is 0 Å². The van der Waals surface area contributed by atoms with Gasteiger partial charge in [-0.3, -0.25) is 0 Å². The maximum Gasteiger partial charge on any atom is 0.0666 e. The number of benzene rings is 1. The van der Waals surface area contributed by atoms with Gasteiger partial charge in [-0.2, -0.15) is 10.2 Å². The standard InChI is InChI=1S/C19H26N2/c1-6-16(17-9-7-14(4)8-10-17)12-19-15(5)11-18(13(2)3)20-21-19/h7-11,13,16H,6,12H2,1-5H3/t16-/m1/s1. The Kier molecular flexibility index (Phi) is 5.11. The summed E-state index contributed by atoms with van der Waals surface area (Å²) in [6, 6.07) is 11.1. The fourth-order valence-corrected chi connectivity index (χ4v) is 2.58. The van der Waals surface area contributed by atoms with Gasteiger partial charge in [0.1, 0.15) is 0 Å². The summed E-state index contributed by atoms with van der Waals surface area (Å²) in [7, 11) is 0. The molecular formula is C19H26N2. The molecule has 2 nitrogen and oxygen atoms in total. The van der Waals surface area contributed by atoms with Crippen LogP contribution in [0.3, 0.4) is 0 Å². The molecule has 21 heavy (non-hydrogen) atoms. The number of aryl methyl sites for hydroxylation is 2. The molecule has 1 heterocycles. The van der Waals surface area contributed by atoms with Gasteiger partial charge in [0.05, 0.1) is 11.4 Å². The smallest absolute Gasteiger partial charge is 0.0666 e. The average molecular weight is 282 g/mol. The zero-order valence-corrected chi connectivity index (χ0v) is 13.9. The largest absolute Gasteiger partial charge is 0.155 e. The summed E-state index contributed by atoms with van der Waals surface area (Å²) >= 11 is 0. The highest BCUT2D eigenvalue weighted by Gasteiger charge is 2.14. The molecule has 112 valence electrons. The summed E-state index contributed by atoms with van der Waals surface area (Å²) < 4.78 is 0. The van der Waals surface area contributed by atoms with Crippen molar-refractivity contribution in [2.45, 2.75) is 59.3 Å². The molecule has 2 heteroatoms.